The molecule has 0 spiro atoms. The monoisotopic (exact) mass is 361 g/mol. The summed E-state index contributed by atoms with van der Waals surface area (Å²) in [6.45, 7) is 6.17. The van der Waals surface area contributed by atoms with Crippen LogP contribution in [0.15, 0.2) is 48.7 Å². The summed E-state index contributed by atoms with van der Waals surface area (Å²) >= 11 is 0. The van der Waals surface area contributed by atoms with Gasteiger partial charge in [0, 0.05) is 48.8 Å². The summed E-state index contributed by atoms with van der Waals surface area (Å²) in [6, 6.07) is 13.8. The second-order valence-electron chi connectivity index (χ2n) is 7.15. The third-order valence-electron chi connectivity index (χ3n) is 5.30. The highest BCUT2D eigenvalue weighted by Crippen LogP contribution is 2.21. The van der Waals surface area contributed by atoms with Crippen LogP contribution in [-0.2, 0) is 0 Å². The van der Waals surface area contributed by atoms with Crippen LogP contribution in [-0.4, -0.2) is 52.8 Å². The quantitative estimate of drug-likeness (QED) is 0.761. The average molecular weight is 361 g/mol. The van der Waals surface area contributed by atoms with E-state index >= 15 is 0 Å². The molecule has 1 aliphatic heterocycles. The lowest BCUT2D eigenvalue weighted by Gasteiger charge is -2.35. The predicted octanol–water partition coefficient (Wildman–Crippen LogP) is 3.38. The molecule has 0 unspecified atom stereocenters. The number of hydrogen-bond donors (Lipinski definition) is 1. The third kappa shape index (κ3) is 3.21. The summed E-state index contributed by atoms with van der Waals surface area (Å²) in [4.78, 5) is 32.6. The van der Waals surface area contributed by atoms with Gasteiger partial charge in [-0.1, -0.05) is 35.9 Å². The Morgan fingerprint density at radius 2 is 1.48 bits per heavy atom. The molecule has 1 aliphatic rings. The van der Waals surface area contributed by atoms with Crippen LogP contribution < -0.4 is 0 Å². The topological polar surface area (TPSA) is 56.4 Å². The van der Waals surface area contributed by atoms with Crippen molar-refractivity contribution in [2.24, 2.45) is 0 Å². The van der Waals surface area contributed by atoms with Crippen LogP contribution >= 0.6 is 0 Å². The van der Waals surface area contributed by atoms with Crippen molar-refractivity contribution in [2.75, 3.05) is 26.2 Å². The van der Waals surface area contributed by atoms with Crippen molar-refractivity contribution in [2.45, 2.75) is 13.8 Å². The molecule has 1 N–H and O–H groups in total. The summed E-state index contributed by atoms with van der Waals surface area (Å²) in [5, 5.41) is 0.941. The molecule has 2 heterocycles. The van der Waals surface area contributed by atoms with E-state index in [0.717, 1.165) is 27.6 Å². The maximum atomic E-state index is 12.9. The zero-order valence-corrected chi connectivity index (χ0v) is 15.7. The molecular weight excluding hydrogens is 338 g/mol. The van der Waals surface area contributed by atoms with Crippen LogP contribution in [0.5, 0.6) is 0 Å². The number of nitrogens with one attached hydrogen (secondary N) is 1. The molecule has 0 bridgehead atoms. The summed E-state index contributed by atoms with van der Waals surface area (Å²) in [5.74, 6) is 0.0710. The number of carbonyl (C=O) groups is 2. The number of rotatable bonds is 2. The zero-order chi connectivity index (χ0) is 19.0. The van der Waals surface area contributed by atoms with Crippen LogP contribution in [0.25, 0.3) is 10.9 Å². The minimum absolute atomic E-state index is 0.0197. The van der Waals surface area contributed by atoms with Gasteiger partial charge in [-0.25, -0.2) is 0 Å². The molecule has 4 rings (SSSR count). The molecule has 5 nitrogen and oxygen atoms in total. The molecule has 0 aliphatic carbocycles. The number of piperazine rings is 1. The molecule has 138 valence electrons. The van der Waals surface area contributed by atoms with Crippen molar-refractivity contribution in [1.82, 2.24) is 14.8 Å². The molecule has 1 saturated heterocycles. The second-order valence-corrected chi connectivity index (χ2v) is 7.15. The van der Waals surface area contributed by atoms with Gasteiger partial charge in [-0.2, -0.15) is 0 Å². The van der Waals surface area contributed by atoms with Crippen molar-refractivity contribution in [3.63, 3.8) is 0 Å². The highest BCUT2D eigenvalue weighted by atomic mass is 16.2. The Balaban J connectivity index is 1.46. The Bertz CT molecular complexity index is 1010. The molecule has 0 saturated carbocycles. The van der Waals surface area contributed by atoms with E-state index in [-0.39, 0.29) is 11.8 Å². The highest BCUT2D eigenvalue weighted by molar-refractivity contribution is 6.06. The molecule has 3 aromatic rings. The van der Waals surface area contributed by atoms with Gasteiger partial charge in [0.15, 0.2) is 0 Å². The van der Waals surface area contributed by atoms with Crippen LogP contribution in [0.3, 0.4) is 0 Å². The van der Waals surface area contributed by atoms with Gasteiger partial charge in [0.25, 0.3) is 11.8 Å². The van der Waals surface area contributed by atoms with Gasteiger partial charge in [0.05, 0.1) is 5.56 Å². The first-order valence-corrected chi connectivity index (χ1v) is 9.26. The van der Waals surface area contributed by atoms with Gasteiger partial charge >= 0.3 is 0 Å². The Hall–Kier alpha value is -3.08. The number of aromatic nitrogens is 1. The van der Waals surface area contributed by atoms with E-state index in [1.165, 1.54) is 0 Å². The van der Waals surface area contributed by atoms with Crippen molar-refractivity contribution in [3.8, 4) is 0 Å². The summed E-state index contributed by atoms with van der Waals surface area (Å²) < 4.78 is 0. The van der Waals surface area contributed by atoms with Gasteiger partial charge in [-0.3, -0.25) is 9.59 Å². The van der Waals surface area contributed by atoms with Crippen molar-refractivity contribution >= 4 is 22.7 Å². The lowest BCUT2D eigenvalue weighted by molar-refractivity contribution is 0.0536. The molecule has 2 amide bonds. The number of benzene rings is 2. The molecule has 0 atom stereocenters. The largest absolute Gasteiger partial charge is 0.360 e. The summed E-state index contributed by atoms with van der Waals surface area (Å²) in [6.07, 6.45) is 1.78. The van der Waals surface area contributed by atoms with E-state index < -0.39 is 0 Å². The van der Waals surface area contributed by atoms with Gasteiger partial charge in [0.2, 0.25) is 0 Å². The van der Waals surface area contributed by atoms with Crippen LogP contribution in [0, 0.1) is 13.8 Å². The van der Waals surface area contributed by atoms with Crippen molar-refractivity contribution in [1.29, 1.82) is 0 Å². The van der Waals surface area contributed by atoms with Gasteiger partial charge in [0.1, 0.15) is 0 Å². The van der Waals surface area contributed by atoms with E-state index in [1.807, 2.05) is 66.1 Å². The molecule has 0 radical (unpaired) electrons. The standard InChI is InChI=1S/C22H23N3O2/c1-15-7-8-16(2)18(13-15)21(26)24-9-11-25(12-10-24)22(27)19-14-23-20-6-4-3-5-17(19)20/h3-8,13-14,23H,9-12H2,1-2H3. The van der Waals surface area contributed by atoms with Gasteiger partial charge in [-0.05, 0) is 31.5 Å². The molecular formula is C22H23N3O2. The maximum absolute atomic E-state index is 12.9. The first-order chi connectivity index (χ1) is 13.0. The zero-order valence-electron chi connectivity index (χ0n) is 15.7. The fraction of sp³-hybridized carbons (Fsp3) is 0.273. The number of carbonyl (C=O) groups excluding carboxylic acids is 2. The number of amides is 2. The number of nitrogens with zero attached hydrogens (tertiary/aromatic N) is 2. The van der Waals surface area contributed by atoms with Crippen LogP contribution in [0.1, 0.15) is 31.8 Å². The Kier molecular flexibility index (Phi) is 4.44. The number of H-pyrrole nitrogens is 1. The fourth-order valence-corrected chi connectivity index (χ4v) is 3.67. The van der Waals surface area contributed by atoms with Gasteiger partial charge < -0.3 is 14.8 Å². The fourth-order valence-electron chi connectivity index (χ4n) is 3.67. The van der Waals surface area contributed by atoms with E-state index in [0.29, 0.717) is 31.7 Å². The Labute approximate surface area is 158 Å². The van der Waals surface area contributed by atoms with Crippen molar-refractivity contribution in [3.05, 3.63) is 70.9 Å². The van der Waals surface area contributed by atoms with Crippen LogP contribution in [0.2, 0.25) is 0 Å². The first kappa shape index (κ1) is 17.3. The smallest absolute Gasteiger partial charge is 0.256 e. The molecule has 1 fully saturated rings. The van der Waals surface area contributed by atoms with Crippen LogP contribution in [0.4, 0.5) is 0 Å². The minimum Gasteiger partial charge on any atom is -0.360 e. The summed E-state index contributed by atoms with van der Waals surface area (Å²) in [5.41, 5.74) is 4.48. The molecule has 27 heavy (non-hydrogen) atoms. The average Bonchev–Trinajstić information content (AvgIpc) is 3.13. The van der Waals surface area contributed by atoms with Gasteiger partial charge in [-0.15, -0.1) is 0 Å². The number of hydrogen-bond acceptors (Lipinski definition) is 2. The lowest BCUT2D eigenvalue weighted by Crippen LogP contribution is -2.50. The SMILES string of the molecule is Cc1ccc(C)c(C(=O)N2CCN(C(=O)c3c[nH]c4ccccc34)CC2)c1. The lowest BCUT2D eigenvalue weighted by atomic mass is 10.0. The minimum atomic E-state index is 0.0197. The van der Waals surface area contributed by atoms with E-state index in [4.69, 9.17) is 0 Å². The number of aryl methyl sites for hydroxylation is 2. The molecule has 5 heteroatoms. The van der Waals surface area contributed by atoms with E-state index in [9.17, 15) is 9.59 Å². The summed E-state index contributed by atoms with van der Waals surface area (Å²) in [7, 11) is 0. The van der Waals surface area contributed by atoms with E-state index in [2.05, 4.69) is 4.98 Å². The third-order valence-corrected chi connectivity index (χ3v) is 5.30. The Morgan fingerprint density at radius 3 is 2.19 bits per heavy atom. The molecule has 1 aromatic heterocycles. The Morgan fingerprint density at radius 1 is 0.852 bits per heavy atom. The van der Waals surface area contributed by atoms with Crippen molar-refractivity contribution < 1.29 is 9.59 Å². The second kappa shape index (κ2) is 6.91. The molecule has 2 aromatic carbocycles. The first-order valence-electron chi connectivity index (χ1n) is 9.26. The predicted molar refractivity (Wildman–Crippen MR) is 106 cm³/mol. The maximum Gasteiger partial charge on any atom is 0.256 e. The highest BCUT2D eigenvalue weighted by Gasteiger charge is 2.27. The number of para-hydroxylation sites is 1. The number of fused-ring (bicyclic) bond motifs is 1. The number of aromatic amines is 1. The van der Waals surface area contributed by atoms with E-state index in [1.54, 1.807) is 6.20 Å². The normalized spacial score (nSPS) is 14.6.